The van der Waals surface area contributed by atoms with Crippen molar-refractivity contribution < 1.29 is 4.79 Å². The number of carbonyl (C=O) groups is 1. The van der Waals surface area contributed by atoms with Gasteiger partial charge >= 0.3 is 0 Å². The number of amides is 1. The minimum Gasteiger partial charge on any atom is -0.322 e. The molecule has 0 radical (unpaired) electrons. The highest BCUT2D eigenvalue weighted by molar-refractivity contribution is 6.17. The van der Waals surface area contributed by atoms with Crippen LogP contribution in [0.25, 0.3) is 0 Å². The van der Waals surface area contributed by atoms with Gasteiger partial charge in [0.25, 0.3) is 5.91 Å². The Hall–Kier alpha value is -1.80. The average molecular weight is 274 g/mol. The second kappa shape index (κ2) is 6.39. The van der Waals surface area contributed by atoms with Crippen molar-refractivity contribution in [1.29, 1.82) is 0 Å². The highest BCUT2D eigenvalue weighted by Crippen LogP contribution is 2.18. The van der Waals surface area contributed by atoms with Gasteiger partial charge in [0.2, 0.25) is 0 Å². The van der Waals surface area contributed by atoms with Crippen LogP contribution in [-0.4, -0.2) is 5.91 Å². The molecule has 1 N–H and O–H groups in total. The molecule has 0 aliphatic heterocycles. The number of benzene rings is 2. The maximum Gasteiger partial charge on any atom is 0.255 e. The second-order valence-electron chi connectivity index (χ2n) is 4.30. The number of hydrogen-bond donors (Lipinski definition) is 1. The largest absolute Gasteiger partial charge is 0.322 e. The third-order valence-corrected chi connectivity index (χ3v) is 3.32. The van der Waals surface area contributed by atoms with Crippen LogP contribution in [-0.2, 0) is 12.3 Å². The molecule has 0 fully saturated rings. The van der Waals surface area contributed by atoms with Gasteiger partial charge in [-0.1, -0.05) is 37.3 Å². The number of anilines is 1. The fourth-order valence-corrected chi connectivity index (χ4v) is 2.08. The molecule has 3 heteroatoms. The van der Waals surface area contributed by atoms with Crippen molar-refractivity contribution in [1.82, 2.24) is 0 Å². The van der Waals surface area contributed by atoms with E-state index in [0.29, 0.717) is 11.4 Å². The third-order valence-electron chi connectivity index (χ3n) is 3.03. The van der Waals surface area contributed by atoms with Crippen LogP contribution in [0.1, 0.15) is 28.4 Å². The Kier molecular flexibility index (Phi) is 4.58. The van der Waals surface area contributed by atoms with E-state index in [4.69, 9.17) is 11.6 Å². The van der Waals surface area contributed by atoms with Gasteiger partial charge in [-0.25, -0.2) is 0 Å². The van der Waals surface area contributed by atoms with Gasteiger partial charge in [-0.15, -0.1) is 11.6 Å². The van der Waals surface area contributed by atoms with Crippen molar-refractivity contribution in [2.24, 2.45) is 0 Å². The summed E-state index contributed by atoms with van der Waals surface area (Å²) >= 11 is 5.85. The van der Waals surface area contributed by atoms with Gasteiger partial charge < -0.3 is 5.32 Å². The second-order valence-corrected chi connectivity index (χ2v) is 4.56. The first-order valence-electron chi connectivity index (χ1n) is 6.28. The molecule has 0 bridgehead atoms. The Balaban J connectivity index is 2.16. The summed E-state index contributed by atoms with van der Waals surface area (Å²) < 4.78 is 0. The SMILES string of the molecule is CCc1ccc(C(=O)Nc2ccccc2CCl)cc1. The number of para-hydroxylation sites is 1. The quantitative estimate of drug-likeness (QED) is 0.830. The highest BCUT2D eigenvalue weighted by Gasteiger charge is 2.08. The standard InChI is InChI=1S/C16H16ClNO/c1-2-12-7-9-13(10-8-12)16(19)18-15-6-4-3-5-14(15)11-17/h3-10H,2,11H2,1H3,(H,18,19). The molecule has 19 heavy (non-hydrogen) atoms. The van der Waals surface area contributed by atoms with E-state index >= 15 is 0 Å². The van der Waals surface area contributed by atoms with Crippen LogP contribution in [0.3, 0.4) is 0 Å². The van der Waals surface area contributed by atoms with Crippen LogP contribution in [0, 0.1) is 0 Å². The number of alkyl halides is 1. The van der Waals surface area contributed by atoms with E-state index in [-0.39, 0.29) is 5.91 Å². The van der Waals surface area contributed by atoms with Gasteiger partial charge in [-0.05, 0) is 35.7 Å². The van der Waals surface area contributed by atoms with Gasteiger partial charge in [0, 0.05) is 17.1 Å². The zero-order chi connectivity index (χ0) is 13.7. The number of aryl methyl sites for hydroxylation is 1. The molecule has 0 saturated carbocycles. The number of hydrogen-bond acceptors (Lipinski definition) is 1. The van der Waals surface area contributed by atoms with E-state index in [2.05, 4.69) is 12.2 Å². The van der Waals surface area contributed by atoms with Crippen LogP contribution >= 0.6 is 11.6 Å². The Morgan fingerprint density at radius 2 is 1.79 bits per heavy atom. The summed E-state index contributed by atoms with van der Waals surface area (Å²) in [6.45, 7) is 2.09. The molecule has 0 spiro atoms. The molecular formula is C16H16ClNO. The van der Waals surface area contributed by atoms with E-state index in [0.717, 1.165) is 17.7 Å². The van der Waals surface area contributed by atoms with Crippen LogP contribution in [0.2, 0.25) is 0 Å². The fourth-order valence-electron chi connectivity index (χ4n) is 1.85. The predicted molar refractivity (Wildman–Crippen MR) is 79.8 cm³/mol. The van der Waals surface area contributed by atoms with E-state index in [1.807, 2.05) is 48.5 Å². The predicted octanol–water partition coefficient (Wildman–Crippen LogP) is 4.24. The molecule has 0 aliphatic carbocycles. The van der Waals surface area contributed by atoms with Crippen molar-refractivity contribution in [2.45, 2.75) is 19.2 Å². The normalized spacial score (nSPS) is 10.2. The van der Waals surface area contributed by atoms with Gasteiger partial charge in [0.15, 0.2) is 0 Å². The Bertz CT molecular complexity index is 563. The Labute approximate surface area is 118 Å². The molecule has 0 aliphatic rings. The van der Waals surface area contributed by atoms with Crippen LogP contribution < -0.4 is 5.32 Å². The molecule has 0 aromatic heterocycles. The molecule has 0 unspecified atom stereocenters. The van der Waals surface area contributed by atoms with E-state index in [1.54, 1.807) is 0 Å². The summed E-state index contributed by atoms with van der Waals surface area (Å²) in [5.41, 5.74) is 3.56. The van der Waals surface area contributed by atoms with E-state index in [9.17, 15) is 4.79 Å². The molecule has 2 aromatic rings. The monoisotopic (exact) mass is 273 g/mol. The molecule has 0 saturated heterocycles. The molecular weight excluding hydrogens is 258 g/mol. The number of carbonyl (C=O) groups excluding carboxylic acids is 1. The first-order valence-corrected chi connectivity index (χ1v) is 6.82. The van der Waals surface area contributed by atoms with Crippen LogP contribution in [0.5, 0.6) is 0 Å². The summed E-state index contributed by atoms with van der Waals surface area (Å²) in [5.74, 6) is 0.269. The lowest BCUT2D eigenvalue weighted by Crippen LogP contribution is -2.13. The first kappa shape index (κ1) is 13.6. The summed E-state index contributed by atoms with van der Waals surface area (Å²) in [7, 11) is 0. The van der Waals surface area contributed by atoms with Crippen molar-refractivity contribution in [3.63, 3.8) is 0 Å². The lowest BCUT2D eigenvalue weighted by atomic mass is 10.1. The maximum atomic E-state index is 12.1. The molecule has 2 aromatic carbocycles. The first-order chi connectivity index (χ1) is 9.24. The van der Waals surface area contributed by atoms with Crippen molar-refractivity contribution in [3.8, 4) is 0 Å². The van der Waals surface area contributed by atoms with Gasteiger partial charge in [-0.3, -0.25) is 4.79 Å². The number of halogens is 1. The van der Waals surface area contributed by atoms with E-state index in [1.165, 1.54) is 5.56 Å². The molecule has 0 atom stereocenters. The van der Waals surface area contributed by atoms with Gasteiger partial charge in [0.1, 0.15) is 0 Å². The van der Waals surface area contributed by atoms with Crippen LogP contribution in [0.4, 0.5) is 5.69 Å². The maximum absolute atomic E-state index is 12.1. The molecule has 2 nitrogen and oxygen atoms in total. The summed E-state index contributed by atoms with van der Waals surface area (Å²) in [6, 6.07) is 15.2. The minimum absolute atomic E-state index is 0.111. The summed E-state index contributed by atoms with van der Waals surface area (Å²) in [6.07, 6.45) is 0.969. The zero-order valence-corrected chi connectivity index (χ0v) is 11.6. The highest BCUT2D eigenvalue weighted by atomic mass is 35.5. The van der Waals surface area contributed by atoms with Crippen molar-refractivity contribution in [2.75, 3.05) is 5.32 Å². The number of rotatable bonds is 4. The van der Waals surface area contributed by atoms with E-state index < -0.39 is 0 Å². The number of nitrogens with one attached hydrogen (secondary N) is 1. The Morgan fingerprint density at radius 3 is 2.42 bits per heavy atom. The minimum atomic E-state index is -0.111. The topological polar surface area (TPSA) is 29.1 Å². The van der Waals surface area contributed by atoms with Gasteiger partial charge in [-0.2, -0.15) is 0 Å². The summed E-state index contributed by atoms with van der Waals surface area (Å²) in [5, 5.41) is 2.89. The smallest absolute Gasteiger partial charge is 0.255 e. The molecule has 1 amide bonds. The third kappa shape index (κ3) is 3.36. The van der Waals surface area contributed by atoms with Gasteiger partial charge in [0.05, 0.1) is 0 Å². The molecule has 2 rings (SSSR count). The molecule has 0 heterocycles. The van der Waals surface area contributed by atoms with Crippen molar-refractivity contribution >= 4 is 23.2 Å². The zero-order valence-electron chi connectivity index (χ0n) is 10.8. The van der Waals surface area contributed by atoms with Crippen LogP contribution in [0.15, 0.2) is 48.5 Å². The molecule has 98 valence electrons. The van der Waals surface area contributed by atoms with Crippen molar-refractivity contribution in [3.05, 3.63) is 65.2 Å². The average Bonchev–Trinajstić information content (AvgIpc) is 2.48. The summed E-state index contributed by atoms with van der Waals surface area (Å²) in [4.78, 5) is 12.1. The lowest BCUT2D eigenvalue weighted by molar-refractivity contribution is 0.102. The Morgan fingerprint density at radius 1 is 1.11 bits per heavy atom. The lowest BCUT2D eigenvalue weighted by Gasteiger charge is -2.09. The fraction of sp³-hybridized carbons (Fsp3) is 0.188.